The highest BCUT2D eigenvalue weighted by Crippen LogP contribution is 2.46. The summed E-state index contributed by atoms with van der Waals surface area (Å²) in [6.07, 6.45) is 0. The Balaban J connectivity index is 1.17. The summed E-state index contributed by atoms with van der Waals surface area (Å²) in [5, 5.41) is 9.42. The van der Waals surface area contributed by atoms with Crippen LogP contribution in [-0.4, -0.2) is 19.5 Å². The highest BCUT2D eigenvalue weighted by molar-refractivity contribution is 6.27. The normalized spacial score (nSPS) is 11.8. The van der Waals surface area contributed by atoms with Crippen LogP contribution in [0.1, 0.15) is 0 Å². The molecule has 0 radical (unpaired) electrons. The van der Waals surface area contributed by atoms with Crippen molar-refractivity contribution in [3.05, 3.63) is 194 Å². The van der Waals surface area contributed by atoms with Crippen LogP contribution in [0.5, 0.6) is 0 Å². The van der Waals surface area contributed by atoms with Crippen LogP contribution in [0.25, 0.3) is 116 Å². The van der Waals surface area contributed by atoms with Gasteiger partial charge in [-0.15, -0.1) is 0 Å². The fourth-order valence-corrected chi connectivity index (χ4v) is 8.77. The molecule has 0 aliphatic heterocycles. The van der Waals surface area contributed by atoms with Gasteiger partial charge in [-0.2, -0.15) is 0 Å². The van der Waals surface area contributed by atoms with Crippen molar-refractivity contribution in [2.75, 3.05) is 0 Å². The summed E-state index contributed by atoms with van der Waals surface area (Å²) in [4.78, 5) is 15.2. The second-order valence-corrected chi connectivity index (χ2v) is 14.8. The number of benzene rings is 9. The minimum atomic E-state index is 0.615. The monoisotopic (exact) mass is 740 g/mol. The first kappa shape index (κ1) is 32.4. The molecule has 0 aliphatic rings. The van der Waals surface area contributed by atoms with E-state index in [2.05, 4.69) is 126 Å². The highest BCUT2D eigenvalue weighted by atomic mass is 16.3. The van der Waals surface area contributed by atoms with E-state index in [4.69, 9.17) is 19.4 Å². The average molecular weight is 741 g/mol. The van der Waals surface area contributed by atoms with Crippen molar-refractivity contribution in [2.45, 2.75) is 0 Å². The predicted molar refractivity (Wildman–Crippen MR) is 238 cm³/mol. The third kappa shape index (κ3) is 5.07. The molecule has 0 unspecified atom stereocenters. The summed E-state index contributed by atoms with van der Waals surface area (Å²) in [5.41, 5.74) is 10.1. The van der Waals surface area contributed by atoms with E-state index in [-0.39, 0.29) is 0 Å². The summed E-state index contributed by atoms with van der Waals surface area (Å²) >= 11 is 0. The number of para-hydroxylation sites is 1. The molecular formula is C53H32N4O. The maximum Gasteiger partial charge on any atom is 0.164 e. The lowest BCUT2D eigenvalue weighted by molar-refractivity contribution is 0.669. The van der Waals surface area contributed by atoms with Gasteiger partial charge in [-0.25, -0.2) is 15.0 Å². The summed E-state index contributed by atoms with van der Waals surface area (Å²) in [5.74, 6) is 1.88. The zero-order chi connectivity index (χ0) is 38.2. The SMILES string of the molecule is c1ccc(-c2nc(-c3ccccc3)nc(-c3cccc(-n4c5ccc6ccccc6c5c5cc6ccccc6c(-c6ccc7oc8ccccc8c7c6)c54)c3)n2)cc1. The molecule has 0 spiro atoms. The molecule has 5 heteroatoms. The van der Waals surface area contributed by atoms with E-state index < -0.39 is 0 Å². The second kappa shape index (κ2) is 12.8. The van der Waals surface area contributed by atoms with Crippen molar-refractivity contribution in [2.24, 2.45) is 0 Å². The number of hydrogen-bond donors (Lipinski definition) is 0. The molecule has 0 atom stereocenters. The minimum absolute atomic E-state index is 0.615. The van der Waals surface area contributed by atoms with Crippen LogP contribution in [0.2, 0.25) is 0 Å². The Kier molecular flexibility index (Phi) is 7.16. The van der Waals surface area contributed by atoms with Gasteiger partial charge in [-0.3, -0.25) is 0 Å². The highest BCUT2D eigenvalue weighted by Gasteiger charge is 2.23. The molecule has 3 heterocycles. The molecule has 58 heavy (non-hydrogen) atoms. The number of hydrogen-bond acceptors (Lipinski definition) is 4. The van der Waals surface area contributed by atoms with Crippen molar-refractivity contribution in [3.8, 4) is 51.0 Å². The molecule has 270 valence electrons. The lowest BCUT2D eigenvalue weighted by Gasteiger charge is -2.15. The number of rotatable bonds is 5. The zero-order valence-electron chi connectivity index (χ0n) is 31.2. The van der Waals surface area contributed by atoms with Gasteiger partial charge in [-0.05, 0) is 69.6 Å². The predicted octanol–water partition coefficient (Wildman–Crippen LogP) is 13.8. The van der Waals surface area contributed by atoms with E-state index >= 15 is 0 Å². The Morgan fingerprint density at radius 1 is 0.362 bits per heavy atom. The van der Waals surface area contributed by atoms with Crippen molar-refractivity contribution in [1.29, 1.82) is 0 Å². The molecule has 9 aromatic carbocycles. The Morgan fingerprint density at radius 2 is 0.966 bits per heavy atom. The van der Waals surface area contributed by atoms with Crippen LogP contribution in [-0.2, 0) is 0 Å². The lowest BCUT2D eigenvalue weighted by atomic mass is 9.93. The van der Waals surface area contributed by atoms with Gasteiger partial charge >= 0.3 is 0 Å². The summed E-state index contributed by atoms with van der Waals surface area (Å²) in [7, 11) is 0. The van der Waals surface area contributed by atoms with Crippen LogP contribution in [0, 0.1) is 0 Å². The standard InChI is InChI=1S/C53H32N4O/c1-3-15-34(16-4-1)51-54-52(35-17-5-2-6-18-35)56-53(55-51)38-20-13-21-39(30-38)57-45-28-26-33-14-7-9-22-40(33)49(45)44-31-36-19-8-10-23-41(36)48(50(44)57)37-27-29-47-43(32-37)42-24-11-12-25-46(42)58-47/h1-32H. The Morgan fingerprint density at radius 3 is 1.72 bits per heavy atom. The van der Waals surface area contributed by atoms with Gasteiger partial charge < -0.3 is 8.98 Å². The van der Waals surface area contributed by atoms with E-state index in [0.717, 1.165) is 60.9 Å². The van der Waals surface area contributed by atoms with Gasteiger partial charge in [0.25, 0.3) is 0 Å². The molecular weight excluding hydrogens is 709 g/mol. The van der Waals surface area contributed by atoms with E-state index in [1.807, 2.05) is 72.8 Å². The molecule has 0 fully saturated rings. The number of furan rings is 1. The Bertz CT molecular complexity index is 3510. The van der Waals surface area contributed by atoms with E-state index in [9.17, 15) is 0 Å². The Labute approximate surface area is 333 Å². The molecule has 0 saturated carbocycles. The van der Waals surface area contributed by atoms with Gasteiger partial charge in [0.15, 0.2) is 17.5 Å². The zero-order valence-corrected chi connectivity index (χ0v) is 31.2. The Hall–Kier alpha value is -7.89. The smallest absolute Gasteiger partial charge is 0.164 e. The topological polar surface area (TPSA) is 56.7 Å². The number of fused-ring (bicyclic) bond motifs is 9. The second-order valence-electron chi connectivity index (χ2n) is 14.8. The summed E-state index contributed by atoms with van der Waals surface area (Å²) in [6, 6.07) is 68.2. The van der Waals surface area contributed by atoms with Crippen molar-refractivity contribution < 1.29 is 4.42 Å². The first-order valence-electron chi connectivity index (χ1n) is 19.5. The van der Waals surface area contributed by atoms with Gasteiger partial charge in [-0.1, -0.05) is 152 Å². The third-order valence-electron chi connectivity index (χ3n) is 11.4. The lowest BCUT2D eigenvalue weighted by Crippen LogP contribution is -2.01. The van der Waals surface area contributed by atoms with E-state index in [1.54, 1.807) is 0 Å². The van der Waals surface area contributed by atoms with Gasteiger partial charge in [0.2, 0.25) is 0 Å². The average Bonchev–Trinajstić information content (AvgIpc) is 3.84. The maximum absolute atomic E-state index is 6.31. The fourth-order valence-electron chi connectivity index (χ4n) is 8.77. The fraction of sp³-hybridized carbons (Fsp3) is 0. The molecule has 0 amide bonds. The minimum Gasteiger partial charge on any atom is -0.456 e. The molecule has 12 aromatic rings. The van der Waals surface area contributed by atoms with E-state index in [0.29, 0.717) is 17.5 Å². The summed E-state index contributed by atoms with van der Waals surface area (Å²) < 4.78 is 8.76. The van der Waals surface area contributed by atoms with Crippen LogP contribution >= 0.6 is 0 Å². The number of nitrogens with zero attached hydrogens (tertiary/aromatic N) is 4. The van der Waals surface area contributed by atoms with Crippen LogP contribution in [0.3, 0.4) is 0 Å². The first-order chi connectivity index (χ1) is 28.7. The molecule has 3 aromatic heterocycles. The van der Waals surface area contributed by atoms with Crippen LogP contribution in [0.15, 0.2) is 199 Å². The van der Waals surface area contributed by atoms with Crippen molar-refractivity contribution >= 4 is 65.3 Å². The van der Waals surface area contributed by atoms with Gasteiger partial charge in [0, 0.05) is 49.5 Å². The number of aromatic nitrogens is 4. The van der Waals surface area contributed by atoms with Gasteiger partial charge in [0.1, 0.15) is 11.2 Å². The molecule has 0 N–H and O–H groups in total. The molecule has 0 saturated heterocycles. The molecule has 12 rings (SSSR count). The van der Waals surface area contributed by atoms with Crippen molar-refractivity contribution in [3.63, 3.8) is 0 Å². The largest absolute Gasteiger partial charge is 0.456 e. The first-order valence-corrected chi connectivity index (χ1v) is 19.5. The quantitative estimate of drug-likeness (QED) is 0.176. The third-order valence-corrected chi connectivity index (χ3v) is 11.4. The van der Waals surface area contributed by atoms with Gasteiger partial charge in [0.05, 0.1) is 11.0 Å². The molecule has 0 bridgehead atoms. The van der Waals surface area contributed by atoms with Crippen molar-refractivity contribution in [1.82, 2.24) is 19.5 Å². The summed E-state index contributed by atoms with van der Waals surface area (Å²) in [6.45, 7) is 0. The molecule has 0 aliphatic carbocycles. The van der Waals surface area contributed by atoms with E-state index in [1.165, 1.54) is 37.9 Å². The van der Waals surface area contributed by atoms with Crippen LogP contribution < -0.4 is 0 Å². The van der Waals surface area contributed by atoms with Crippen LogP contribution in [0.4, 0.5) is 0 Å². The molecule has 5 nitrogen and oxygen atoms in total. The maximum atomic E-state index is 6.31.